The van der Waals surface area contributed by atoms with Crippen molar-refractivity contribution in [2.45, 2.75) is 70.2 Å². The average Bonchev–Trinajstić information content (AvgIpc) is 2.93. The summed E-state index contributed by atoms with van der Waals surface area (Å²) in [4.78, 5) is 11.0. The zero-order chi connectivity index (χ0) is 12.1. The van der Waals surface area contributed by atoms with Crippen LogP contribution in [0.4, 0.5) is 0 Å². The Morgan fingerprint density at radius 2 is 1.94 bits per heavy atom. The Kier molecular flexibility index (Phi) is 4.99. The number of hydrogen-bond donors (Lipinski definition) is 0. The second-order valence-corrected chi connectivity index (χ2v) is 5.25. The van der Waals surface area contributed by atoms with Crippen molar-refractivity contribution in [3.63, 3.8) is 0 Å². The van der Waals surface area contributed by atoms with Crippen LogP contribution in [-0.2, 0) is 14.3 Å². The molecule has 2 fully saturated rings. The normalized spacial score (nSPS) is 35.4. The van der Waals surface area contributed by atoms with Crippen LogP contribution in [0.2, 0.25) is 0 Å². The van der Waals surface area contributed by atoms with Crippen LogP contribution in [0.25, 0.3) is 0 Å². The summed E-state index contributed by atoms with van der Waals surface area (Å²) in [6.07, 6.45) is 9.73. The summed E-state index contributed by atoms with van der Waals surface area (Å²) in [6, 6.07) is 0. The number of rotatable bonds is 8. The average molecular weight is 240 g/mol. The van der Waals surface area contributed by atoms with Crippen LogP contribution in [0.5, 0.6) is 0 Å². The summed E-state index contributed by atoms with van der Waals surface area (Å²) in [7, 11) is 0. The zero-order valence-electron chi connectivity index (χ0n) is 10.8. The highest BCUT2D eigenvalue weighted by Crippen LogP contribution is 2.39. The van der Waals surface area contributed by atoms with Gasteiger partial charge in [0.1, 0.15) is 6.29 Å². The lowest BCUT2D eigenvalue weighted by molar-refractivity contribution is -0.116. The van der Waals surface area contributed by atoms with E-state index in [1.807, 2.05) is 0 Å². The van der Waals surface area contributed by atoms with Crippen molar-refractivity contribution < 1.29 is 14.3 Å². The molecule has 3 heteroatoms. The first-order valence-corrected chi connectivity index (χ1v) is 7.09. The molecular formula is C14H24O3. The van der Waals surface area contributed by atoms with E-state index in [9.17, 15) is 4.79 Å². The molecule has 0 spiro atoms. The van der Waals surface area contributed by atoms with Crippen LogP contribution in [0, 0.1) is 5.92 Å². The van der Waals surface area contributed by atoms with Crippen LogP contribution in [0.1, 0.15) is 51.9 Å². The van der Waals surface area contributed by atoms with Crippen LogP contribution in [-0.4, -0.2) is 31.2 Å². The van der Waals surface area contributed by atoms with Gasteiger partial charge in [-0.25, -0.2) is 0 Å². The van der Waals surface area contributed by atoms with E-state index in [1.165, 1.54) is 25.7 Å². The highest BCUT2D eigenvalue weighted by molar-refractivity contribution is 5.57. The van der Waals surface area contributed by atoms with Gasteiger partial charge in [0.05, 0.1) is 24.2 Å². The number of fused-ring (bicyclic) bond motifs is 2. The number of carbonyl (C=O) groups excluding carboxylic acids is 1. The summed E-state index contributed by atoms with van der Waals surface area (Å²) in [6.45, 7) is 3.00. The molecule has 2 bridgehead atoms. The largest absolute Gasteiger partial charge is 0.375 e. The third-order valence-corrected chi connectivity index (χ3v) is 3.98. The molecule has 98 valence electrons. The lowest BCUT2D eigenvalue weighted by Crippen LogP contribution is -2.35. The van der Waals surface area contributed by atoms with E-state index >= 15 is 0 Å². The lowest BCUT2D eigenvalue weighted by atomic mass is 9.87. The molecule has 0 aromatic rings. The third kappa shape index (κ3) is 3.08. The lowest BCUT2D eigenvalue weighted by Gasteiger charge is -2.24. The molecule has 4 atom stereocenters. The summed E-state index contributed by atoms with van der Waals surface area (Å²) in [5, 5.41) is 0. The molecule has 0 N–H and O–H groups in total. The fourth-order valence-corrected chi connectivity index (χ4v) is 2.98. The van der Waals surface area contributed by atoms with Gasteiger partial charge in [0.25, 0.3) is 0 Å². The highest BCUT2D eigenvalue weighted by Gasteiger charge is 2.49. The maximum absolute atomic E-state index is 11.0. The first-order chi connectivity index (χ1) is 8.36. The van der Waals surface area contributed by atoms with Crippen molar-refractivity contribution in [1.29, 1.82) is 0 Å². The Bertz CT molecular complexity index is 242. The second-order valence-electron chi connectivity index (χ2n) is 5.25. The van der Waals surface area contributed by atoms with Gasteiger partial charge in [0.15, 0.2) is 0 Å². The van der Waals surface area contributed by atoms with Gasteiger partial charge in [-0.3, -0.25) is 0 Å². The number of unbranched alkanes of at least 4 members (excludes halogenated alkanes) is 4. The van der Waals surface area contributed by atoms with Crippen molar-refractivity contribution in [1.82, 2.24) is 0 Å². The quantitative estimate of drug-likeness (QED) is 0.483. The minimum absolute atomic E-state index is 0.00982. The van der Waals surface area contributed by atoms with Gasteiger partial charge < -0.3 is 14.3 Å². The SMILES string of the molecule is CCCCCCCOC1C2CCC(O2)C1C=O. The molecule has 0 aromatic heterocycles. The Morgan fingerprint density at radius 3 is 2.71 bits per heavy atom. The van der Waals surface area contributed by atoms with Gasteiger partial charge in [-0.1, -0.05) is 32.6 Å². The van der Waals surface area contributed by atoms with E-state index in [0.29, 0.717) is 0 Å². The Hall–Kier alpha value is -0.410. The molecular weight excluding hydrogens is 216 g/mol. The molecule has 2 aliphatic heterocycles. The predicted molar refractivity (Wildman–Crippen MR) is 65.9 cm³/mol. The van der Waals surface area contributed by atoms with E-state index in [-0.39, 0.29) is 24.2 Å². The molecule has 0 aliphatic carbocycles. The molecule has 2 saturated heterocycles. The minimum Gasteiger partial charge on any atom is -0.375 e. The summed E-state index contributed by atoms with van der Waals surface area (Å²) in [5.41, 5.74) is 0. The summed E-state index contributed by atoms with van der Waals surface area (Å²) >= 11 is 0. The van der Waals surface area contributed by atoms with Crippen molar-refractivity contribution in [2.24, 2.45) is 5.92 Å². The van der Waals surface area contributed by atoms with Crippen LogP contribution in [0.3, 0.4) is 0 Å². The molecule has 0 amide bonds. The summed E-state index contributed by atoms with van der Waals surface area (Å²) < 4.78 is 11.6. The fraction of sp³-hybridized carbons (Fsp3) is 0.929. The maximum Gasteiger partial charge on any atom is 0.128 e. The monoisotopic (exact) mass is 240 g/mol. The van der Waals surface area contributed by atoms with Gasteiger partial charge in [-0.2, -0.15) is 0 Å². The zero-order valence-corrected chi connectivity index (χ0v) is 10.8. The van der Waals surface area contributed by atoms with Crippen LogP contribution in [0.15, 0.2) is 0 Å². The molecule has 2 aliphatic rings. The smallest absolute Gasteiger partial charge is 0.128 e. The summed E-state index contributed by atoms with van der Waals surface area (Å²) in [5.74, 6) is -0.00982. The number of ether oxygens (including phenoxy) is 2. The van der Waals surface area contributed by atoms with Gasteiger partial charge >= 0.3 is 0 Å². The molecule has 0 saturated carbocycles. The first-order valence-electron chi connectivity index (χ1n) is 7.09. The molecule has 2 rings (SSSR count). The molecule has 3 nitrogen and oxygen atoms in total. The number of aldehydes is 1. The van der Waals surface area contributed by atoms with Crippen LogP contribution < -0.4 is 0 Å². The number of hydrogen-bond acceptors (Lipinski definition) is 3. The predicted octanol–water partition coefficient (Wildman–Crippen LogP) is 2.72. The molecule has 0 aromatic carbocycles. The van der Waals surface area contributed by atoms with E-state index in [4.69, 9.17) is 9.47 Å². The van der Waals surface area contributed by atoms with E-state index in [1.54, 1.807) is 0 Å². The van der Waals surface area contributed by atoms with Crippen molar-refractivity contribution >= 4 is 6.29 Å². The molecule has 4 unspecified atom stereocenters. The molecule has 2 heterocycles. The first kappa shape index (κ1) is 13.0. The highest BCUT2D eigenvalue weighted by atomic mass is 16.6. The van der Waals surface area contributed by atoms with E-state index in [0.717, 1.165) is 32.2 Å². The van der Waals surface area contributed by atoms with Gasteiger partial charge in [-0.05, 0) is 19.3 Å². The van der Waals surface area contributed by atoms with Crippen molar-refractivity contribution in [3.05, 3.63) is 0 Å². The fourth-order valence-electron chi connectivity index (χ4n) is 2.98. The molecule has 17 heavy (non-hydrogen) atoms. The van der Waals surface area contributed by atoms with Gasteiger partial charge in [-0.15, -0.1) is 0 Å². The van der Waals surface area contributed by atoms with Crippen molar-refractivity contribution in [2.75, 3.05) is 6.61 Å². The van der Waals surface area contributed by atoms with E-state index in [2.05, 4.69) is 6.92 Å². The Labute approximate surface area is 104 Å². The topological polar surface area (TPSA) is 35.5 Å². The van der Waals surface area contributed by atoms with Crippen LogP contribution >= 0.6 is 0 Å². The van der Waals surface area contributed by atoms with Gasteiger partial charge in [0.2, 0.25) is 0 Å². The van der Waals surface area contributed by atoms with Gasteiger partial charge in [0, 0.05) is 6.61 Å². The Balaban J connectivity index is 1.63. The standard InChI is InChI=1S/C14H24O3/c1-2-3-4-5-6-9-16-14-11(10-15)12-7-8-13(14)17-12/h10-14H,2-9H2,1H3. The van der Waals surface area contributed by atoms with E-state index < -0.39 is 0 Å². The Morgan fingerprint density at radius 1 is 1.18 bits per heavy atom. The third-order valence-electron chi connectivity index (χ3n) is 3.98. The van der Waals surface area contributed by atoms with Crippen molar-refractivity contribution in [3.8, 4) is 0 Å². The second kappa shape index (κ2) is 6.50. The maximum atomic E-state index is 11.0. The molecule has 0 radical (unpaired) electrons. The minimum atomic E-state index is -0.00982. The number of carbonyl (C=O) groups is 1.